The second kappa shape index (κ2) is 6.77. The third-order valence-electron chi connectivity index (χ3n) is 4.29. The fourth-order valence-corrected chi connectivity index (χ4v) is 5.57. The first-order valence-corrected chi connectivity index (χ1v) is 10.3. The monoisotopic (exact) mass is 373 g/mol. The first kappa shape index (κ1) is 17.3. The van der Waals surface area contributed by atoms with Gasteiger partial charge in [0.1, 0.15) is 16.6 Å². The number of carboxylic acid groups (broad SMARTS) is 1. The van der Waals surface area contributed by atoms with E-state index in [0.717, 1.165) is 11.5 Å². The lowest BCUT2D eigenvalue weighted by Gasteiger charge is -2.25. The van der Waals surface area contributed by atoms with Crippen LogP contribution in [0.3, 0.4) is 0 Å². The van der Waals surface area contributed by atoms with E-state index in [9.17, 15) is 23.1 Å². The van der Waals surface area contributed by atoms with Crippen LogP contribution >= 0.6 is 11.8 Å². The number of carboxylic acids is 1. The fourth-order valence-electron chi connectivity index (χ4n) is 3.00. The van der Waals surface area contributed by atoms with Crippen LogP contribution < -0.4 is 0 Å². The summed E-state index contributed by atoms with van der Waals surface area (Å²) in [5.41, 5.74) is 0.105. The molecule has 2 saturated heterocycles. The van der Waals surface area contributed by atoms with Gasteiger partial charge in [-0.3, -0.25) is 4.79 Å². The van der Waals surface area contributed by atoms with Crippen molar-refractivity contribution < 1.29 is 23.1 Å². The Hall–Kier alpha value is -1.52. The molecule has 1 aromatic rings. The van der Waals surface area contributed by atoms with Crippen molar-refractivity contribution in [3.05, 3.63) is 18.0 Å². The van der Waals surface area contributed by atoms with E-state index >= 15 is 0 Å². The summed E-state index contributed by atoms with van der Waals surface area (Å²) in [7, 11) is -3.63. The molecule has 0 radical (unpaired) electrons. The lowest BCUT2D eigenvalue weighted by atomic mass is 10.2. The zero-order valence-electron chi connectivity index (χ0n) is 13.0. The zero-order chi connectivity index (χ0) is 17.3. The maximum Gasteiger partial charge on any atom is 0.326 e. The van der Waals surface area contributed by atoms with Crippen molar-refractivity contribution in [1.29, 1.82) is 0 Å². The van der Waals surface area contributed by atoms with Crippen LogP contribution in [0.4, 0.5) is 0 Å². The van der Waals surface area contributed by atoms with Gasteiger partial charge >= 0.3 is 5.97 Å². The number of amides is 1. The molecule has 10 heteroatoms. The predicted molar refractivity (Wildman–Crippen MR) is 88.6 cm³/mol. The predicted octanol–water partition coefficient (Wildman–Crippen LogP) is 0.441. The van der Waals surface area contributed by atoms with Gasteiger partial charge < -0.3 is 15.0 Å². The van der Waals surface area contributed by atoms with Gasteiger partial charge in [0.25, 0.3) is 5.91 Å². The minimum atomic E-state index is -3.63. The molecule has 0 aliphatic carbocycles. The molecule has 0 aromatic carbocycles. The summed E-state index contributed by atoms with van der Waals surface area (Å²) in [4.78, 5) is 27.7. The highest BCUT2D eigenvalue weighted by molar-refractivity contribution is 7.99. The normalized spacial score (nSPS) is 22.7. The summed E-state index contributed by atoms with van der Waals surface area (Å²) in [5.74, 6) is -0.00543. The minimum Gasteiger partial charge on any atom is -0.480 e. The number of rotatable bonds is 4. The number of carbonyl (C=O) groups excluding carboxylic acids is 1. The number of sulfonamides is 1. The van der Waals surface area contributed by atoms with E-state index < -0.39 is 27.9 Å². The molecule has 0 bridgehead atoms. The van der Waals surface area contributed by atoms with E-state index in [-0.39, 0.29) is 10.6 Å². The number of carbonyl (C=O) groups is 2. The highest BCUT2D eigenvalue weighted by Gasteiger charge is 2.35. The number of nitrogens with one attached hydrogen (secondary N) is 1. The Kier molecular flexibility index (Phi) is 4.88. The number of nitrogens with zero attached hydrogens (tertiary/aromatic N) is 2. The molecule has 2 fully saturated rings. The van der Waals surface area contributed by atoms with E-state index in [0.29, 0.717) is 32.5 Å². The molecule has 1 atom stereocenters. The van der Waals surface area contributed by atoms with Crippen molar-refractivity contribution in [2.45, 2.75) is 23.8 Å². The Labute approximate surface area is 144 Å². The van der Waals surface area contributed by atoms with Gasteiger partial charge in [0.15, 0.2) is 0 Å². The first-order chi connectivity index (χ1) is 11.4. The molecule has 24 heavy (non-hydrogen) atoms. The number of H-pyrrole nitrogens is 1. The second-order valence-corrected chi connectivity index (χ2v) is 8.92. The molecule has 0 spiro atoms. The molecular weight excluding hydrogens is 354 g/mol. The Morgan fingerprint density at radius 2 is 1.96 bits per heavy atom. The van der Waals surface area contributed by atoms with Gasteiger partial charge in [-0.1, -0.05) is 0 Å². The first-order valence-electron chi connectivity index (χ1n) is 7.71. The second-order valence-electron chi connectivity index (χ2n) is 5.76. The van der Waals surface area contributed by atoms with Crippen LogP contribution in [0.25, 0.3) is 0 Å². The standard InChI is InChI=1S/C14H19N3O5S2/c18-13(17-3-1-2-12(17)14(19)20)11-8-10(9-15-11)24(21,22)16-4-6-23-7-5-16/h8-9,12,15H,1-7H2,(H,19,20). The van der Waals surface area contributed by atoms with Crippen molar-refractivity contribution in [2.75, 3.05) is 31.1 Å². The summed E-state index contributed by atoms with van der Waals surface area (Å²) in [6.07, 6.45) is 2.34. The number of hydrogen-bond donors (Lipinski definition) is 2. The molecule has 0 saturated carbocycles. The largest absolute Gasteiger partial charge is 0.480 e. The van der Waals surface area contributed by atoms with E-state index in [1.807, 2.05) is 0 Å². The van der Waals surface area contributed by atoms with Gasteiger partial charge in [0, 0.05) is 37.3 Å². The summed E-state index contributed by atoms with van der Waals surface area (Å²) in [6.45, 7) is 1.27. The van der Waals surface area contributed by atoms with Crippen molar-refractivity contribution in [3.8, 4) is 0 Å². The van der Waals surface area contributed by atoms with E-state index in [4.69, 9.17) is 0 Å². The molecule has 2 aliphatic rings. The maximum absolute atomic E-state index is 12.6. The topological polar surface area (TPSA) is 111 Å². The quantitative estimate of drug-likeness (QED) is 0.792. The van der Waals surface area contributed by atoms with Crippen molar-refractivity contribution in [1.82, 2.24) is 14.2 Å². The van der Waals surface area contributed by atoms with Crippen LogP contribution in [0.1, 0.15) is 23.3 Å². The molecular formula is C14H19N3O5S2. The van der Waals surface area contributed by atoms with Crippen LogP contribution in [0.15, 0.2) is 17.2 Å². The number of likely N-dealkylation sites (tertiary alicyclic amines) is 1. The molecule has 3 rings (SSSR count). The third-order valence-corrected chi connectivity index (χ3v) is 7.11. The number of aromatic nitrogens is 1. The summed E-state index contributed by atoms with van der Waals surface area (Å²) in [5, 5.41) is 9.18. The molecule has 2 N–H and O–H groups in total. The zero-order valence-corrected chi connectivity index (χ0v) is 14.6. The van der Waals surface area contributed by atoms with Crippen molar-refractivity contribution >= 4 is 33.7 Å². The van der Waals surface area contributed by atoms with E-state index in [1.54, 1.807) is 11.8 Å². The Balaban J connectivity index is 1.80. The van der Waals surface area contributed by atoms with E-state index in [2.05, 4.69) is 4.98 Å². The van der Waals surface area contributed by atoms with Crippen LogP contribution in [-0.4, -0.2) is 76.8 Å². The van der Waals surface area contributed by atoms with E-state index in [1.165, 1.54) is 21.5 Å². The molecule has 1 aromatic heterocycles. The molecule has 132 valence electrons. The van der Waals surface area contributed by atoms with Gasteiger partial charge in [-0.25, -0.2) is 13.2 Å². The number of thioether (sulfide) groups is 1. The molecule has 1 amide bonds. The average molecular weight is 373 g/mol. The number of aliphatic carboxylic acids is 1. The Morgan fingerprint density at radius 3 is 2.62 bits per heavy atom. The minimum absolute atomic E-state index is 0.0452. The van der Waals surface area contributed by atoms with Gasteiger partial charge in [-0.2, -0.15) is 16.1 Å². The van der Waals surface area contributed by atoms with Crippen LogP contribution in [-0.2, 0) is 14.8 Å². The lowest BCUT2D eigenvalue weighted by Crippen LogP contribution is -2.40. The SMILES string of the molecule is O=C(O)C1CCCN1C(=O)c1cc(S(=O)(=O)N2CCSCC2)c[nH]1. The summed E-state index contributed by atoms with van der Waals surface area (Å²) < 4.78 is 26.6. The van der Waals surface area contributed by atoms with Crippen LogP contribution in [0, 0.1) is 0 Å². The lowest BCUT2D eigenvalue weighted by molar-refractivity contribution is -0.141. The van der Waals surface area contributed by atoms with Crippen LogP contribution in [0.5, 0.6) is 0 Å². The van der Waals surface area contributed by atoms with Gasteiger partial charge in [-0.05, 0) is 18.9 Å². The van der Waals surface area contributed by atoms with Gasteiger partial charge in [0.05, 0.1) is 0 Å². The fraction of sp³-hybridized carbons (Fsp3) is 0.571. The van der Waals surface area contributed by atoms with Crippen molar-refractivity contribution in [3.63, 3.8) is 0 Å². The van der Waals surface area contributed by atoms with Crippen LogP contribution in [0.2, 0.25) is 0 Å². The molecule has 3 heterocycles. The highest BCUT2D eigenvalue weighted by atomic mass is 32.2. The maximum atomic E-state index is 12.6. The number of aromatic amines is 1. The summed E-state index contributed by atoms with van der Waals surface area (Å²) >= 11 is 1.71. The average Bonchev–Trinajstić information content (AvgIpc) is 3.24. The van der Waals surface area contributed by atoms with Crippen molar-refractivity contribution in [2.24, 2.45) is 0 Å². The molecule has 8 nitrogen and oxygen atoms in total. The van der Waals surface area contributed by atoms with Gasteiger partial charge in [-0.15, -0.1) is 0 Å². The Bertz CT molecular complexity index is 739. The Morgan fingerprint density at radius 1 is 1.25 bits per heavy atom. The summed E-state index contributed by atoms with van der Waals surface area (Å²) in [6, 6.07) is 0.455. The molecule has 1 unspecified atom stereocenters. The number of hydrogen-bond acceptors (Lipinski definition) is 5. The molecule has 2 aliphatic heterocycles. The highest BCUT2D eigenvalue weighted by Crippen LogP contribution is 2.24. The third kappa shape index (κ3) is 3.17. The van der Waals surface area contributed by atoms with Gasteiger partial charge in [0.2, 0.25) is 10.0 Å². The smallest absolute Gasteiger partial charge is 0.326 e.